The van der Waals surface area contributed by atoms with E-state index < -0.39 is 11.4 Å². The second-order valence-electron chi connectivity index (χ2n) is 5.25. The molecule has 0 bridgehead atoms. The number of hydrogen-bond acceptors (Lipinski definition) is 3. The number of rotatable bonds is 5. The van der Waals surface area contributed by atoms with Gasteiger partial charge in [-0.1, -0.05) is 18.2 Å². The van der Waals surface area contributed by atoms with Gasteiger partial charge in [-0.05, 0) is 25.1 Å². The van der Waals surface area contributed by atoms with Crippen LogP contribution in [0.25, 0.3) is 0 Å². The van der Waals surface area contributed by atoms with E-state index in [1.165, 1.54) is 0 Å². The van der Waals surface area contributed by atoms with Crippen molar-refractivity contribution in [2.45, 2.75) is 12.3 Å². The Kier molecular flexibility index (Phi) is 4.31. The SMILES string of the molecule is [CH2+]C(C)(c1ccc(OC)cc1OC)c1ccccc1C(=O)O. The number of aromatic carboxylic acids is 1. The van der Waals surface area contributed by atoms with Crippen LogP contribution in [0, 0.1) is 6.92 Å². The summed E-state index contributed by atoms with van der Waals surface area (Å²) < 4.78 is 10.6. The van der Waals surface area contributed by atoms with E-state index in [9.17, 15) is 9.90 Å². The third-order valence-electron chi connectivity index (χ3n) is 3.76. The van der Waals surface area contributed by atoms with E-state index in [4.69, 9.17) is 9.47 Å². The molecule has 0 spiro atoms. The first kappa shape index (κ1) is 15.8. The summed E-state index contributed by atoms with van der Waals surface area (Å²) >= 11 is 0. The van der Waals surface area contributed by atoms with Gasteiger partial charge in [-0.2, -0.15) is 0 Å². The van der Waals surface area contributed by atoms with Gasteiger partial charge in [0, 0.05) is 17.2 Å². The Labute approximate surface area is 130 Å². The van der Waals surface area contributed by atoms with Crippen molar-refractivity contribution in [3.63, 3.8) is 0 Å². The molecule has 0 amide bonds. The molecule has 2 rings (SSSR count). The van der Waals surface area contributed by atoms with Crippen molar-refractivity contribution in [3.05, 3.63) is 66.1 Å². The van der Waals surface area contributed by atoms with E-state index in [0.29, 0.717) is 17.1 Å². The van der Waals surface area contributed by atoms with Crippen molar-refractivity contribution in [1.82, 2.24) is 0 Å². The summed E-state index contributed by atoms with van der Waals surface area (Å²) in [6.45, 7) is 6.11. The van der Waals surface area contributed by atoms with Crippen LogP contribution >= 0.6 is 0 Å². The lowest BCUT2D eigenvalue weighted by atomic mass is 9.75. The quantitative estimate of drug-likeness (QED) is 0.858. The number of hydrogen-bond donors (Lipinski definition) is 1. The molecule has 0 fully saturated rings. The van der Waals surface area contributed by atoms with E-state index in [-0.39, 0.29) is 5.56 Å². The smallest absolute Gasteiger partial charge is 0.336 e. The van der Waals surface area contributed by atoms with Crippen LogP contribution in [0.3, 0.4) is 0 Å². The highest BCUT2D eigenvalue weighted by Gasteiger charge is 2.37. The van der Waals surface area contributed by atoms with Gasteiger partial charge >= 0.3 is 5.97 Å². The molecule has 0 aromatic heterocycles. The largest absolute Gasteiger partial charge is 0.497 e. The number of ether oxygens (including phenoxy) is 2. The highest BCUT2D eigenvalue weighted by atomic mass is 16.5. The Bertz CT molecular complexity index is 689. The van der Waals surface area contributed by atoms with Crippen LogP contribution in [0.2, 0.25) is 0 Å². The lowest BCUT2D eigenvalue weighted by Gasteiger charge is -2.23. The van der Waals surface area contributed by atoms with Crippen molar-refractivity contribution in [2.75, 3.05) is 14.2 Å². The second kappa shape index (κ2) is 6.02. The molecular weight excluding hydrogens is 280 g/mol. The maximum Gasteiger partial charge on any atom is 0.336 e. The molecular formula is C18H19O4+. The van der Waals surface area contributed by atoms with Gasteiger partial charge < -0.3 is 14.6 Å². The maximum atomic E-state index is 11.5. The topological polar surface area (TPSA) is 55.8 Å². The summed E-state index contributed by atoms with van der Waals surface area (Å²) in [5, 5.41) is 9.41. The van der Waals surface area contributed by atoms with Crippen molar-refractivity contribution in [2.24, 2.45) is 0 Å². The highest BCUT2D eigenvalue weighted by Crippen LogP contribution is 2.39. The van der Waals surface area contributed by atoms with Gasteiger partial charge in [0.2, 0.25) is 0 Å². The highest BCUT2D eigenvalue weighted by molar-refractivity contribution is 5.90. The molecule has 2 aromatic rings. The summed E-state index contributed by atoms with van der Waals surface area (Å²) in [6, 6.07) is 12.3. The minimum atomic E-state index is -0.974. The molecule has 1 N–H and O–H groups in total. The molecule has 0 saturated heterocycles. The Hall–Kier alpha value is -2.62. The molecule has 0 saturated carbocycles. The molecule has 1 atom stereocenters. The second-order valence-corrected chi connectivity index (χ2v) is 5.25. The van der Waals surface area contributed by atoms with Crippen LogP contribution in [0.5, 0.6) is 11.5 Å². The van der Waals surface area contributed by atoms with E-state index in [0.717, 1.165) is 5.56 Å². The summed E-state index contributed by atoms with van der Waals surface area (Å²) in [7, 11) is 3.15. The summed E-state index contributed by atoms with van der Waals surface area (Å²) in [4.78, 5) is 11.5. The van der Waals surface area contributed by atoms with Crippen LogP contribution in [0.4, 0.5) is 0 Å². The average molecular weight is 299 g/mol. The predicted octanol–water partition coefficient (Wildman–Crippen LogP) is 3.54. The van der Waals surface area contributed by atoms with Gasteiger partial charge in [0.05, 0.1) is 26.7 Å². The predicted molar refractivity (Wildman–Crippen MR) is 84.8 cm³/mol. The van der Waals surface area contributed by atoms with Crippen LogP contribution in [-0.4, -0.2) is 25.3 Å². The van der Waals surface area contributed by atoms with E-state index >= 15 is 0 Å². The fourth-order valence-corrected chi connectivity index (χ4v) is 2.55. The van der Waals surface area contributed by atoms with Crippen molar-refractivity contribution < 1.29 is 19.4 Å². The number of benzene rings is 2. The van der Waals surface area contributed by atoms with Gasteiger partial charge in [-0.3, -0.25) is 0 Å². The summed E-state index contributed by atoms with van der Waals surface area (Å²) in [5.74, 6) is 0.304. The third kappa shape index (κ3) is 2.72. The van der Waals surface area contributed by atoms with Crippen molar-refractivity contribution in [3.8, 4) is 11.5 Å². The van der Waals surface area contributed by atoms with Crippen LogP contribution in [0.1, 0.15) is 28.4 Å². The molecule has 0 aliphatic rings. The molecule has 0 aliphatic heterocycles. The lowest BCUT2D eigenvalue weighted by Crippen LogP contribution is -2.23. The first-order valence-corrected chi connectivity index (χ1v) is 6.82. The number of methoxy groups -OCH3 is 2. The van der Waals surface area contributed by atoms with E-state index in [1.54, 1.807) is 44.6 Å². The molecule has 2 aromatic carbocycles. The lowest BCUT2D eigenvalue weighted by molar-refractivity contribution is 0.0694. The number of carboxylic acids is 1. The normalized spacial score (nSPS) is 13.2. The van der Waals surface area contributed by atoms with E-state index in [1.807, 2.05) is 19.1 Å². The zero-order valence-electron chi connectivity index (χ0n) is 12.9. The zero-order chi connectivity index (χ0) is 16.3. The Morgan fingerprint density at radius 2 is 1.77 bits per heavy atom. The van der Waals surface area contributed by atoms with E-state index in [2.05, 4.69) is 6.92 Å². The van der Waals surface area contributed by atoms with Crippen LogP contribution in [0.15, 0.2) is 42.5 Å². The third-order valence-corrected chi connectivity index (χ3v) is 3.76. The number of carbonyl (C=O) groups is 1. The monoisotopic (exact) mass is 299 g/mol. The summed E-state index contributed by atoms with van der Waals surface area (Å²) in [6.07, 6.45) is 0. The number of carboxylic acid groups (broad SMARTS) is 1. The molecule has 1 unspecified atom stereocenters. The molecule has 0 heterocycles. The van der Waals surface area contributed by atoms with Crippen LogP contribution < -0.4 is 9.47 Å². The van der Waals surface area contributed by atoms with Crippen molar-refractivity contribution in [1.29, 1.82) is 0 Å². The maximum absolute atomic E-state index is 11.5. The first-order valence-electron chi connectivity index (χ1n) is 6.82. The van der Waals surface area contributed by atoms with Crippen molar-refractivity contribution >= 4 is 5.97 Å². The van der Waals surface area contributed by atoms with Gasteiger partial charge in [0.25, 0.3) is 0 Å². The molecule has 0 radical (unpaired) electrons. The van der Waals surface area contributed by atoms with Gasteiger partial charge in [-0.25, -0.2) is 4.79 Å². The fraction of sp³-hybridized carbons (Fsp3) is 0.222. The molecule has 4 heteroatoms. The van der Waals surface area contributed by atoms with Crippen LogP contribution in [-0.2, 0) is 5.41 Å². The molecule has 114 valence electrons. The van der Waals surface area contributed by atoms with Gasteiger partial charge in [0.1, 0.15) is 11.5 Å². The Morgan fingerprint density at radius 3 is 2.36 bits per heavy atom. The Balaban J connectivity index is 2.63. The first-order chi connectivity index (χ1) is 10.4. The average Bonchev–Trinajstić information content (AvgIpc) is 2.54. The minimum Gasteiger partial charge on any atom is -0.497 e. The zero-order valence-corrected chi connectivity index (χ0v) is 12.9. The summed E-state index contributed by atoms with van der Waals surface area (Å²) in [5.41, 5.74) is 0.889. The molecule has 22 heavy (non-hydrogen) atoms. The van der Waals surface area contributed by atoms with Gasteiger partial charge in [-0.15, -0.1) is 0 Å². The molecule has 0 aliphatic carbocycles. The van der Waals surface area contributed by atoms with Gasteiger partial charge in [0.15, 0.2) is 5.41 Å². The fourth-order valence-electron chi connectivity index (χ4n) is 2.55. The minimum absolute atomic E-state index is 0.234. The molecule has 4 nitrogen and oxygen atoms in total. The standard InChI is InChI=1S/C18H18O4/c1-18(2,14-8-6-5-7-13(14)17(19)20)15-10-9-12(21-3)11-16(15)22-4/h5-11H,1H2,2-4H3/p+1. The Morgan fingerprint density at radius 1 is 1.09 bits per heavy atom.